The summed E-state index contributed by atoms with van der Waals surface area (Å²) < 4.78 is 5.37. The van der Waals surface area contributed by atoms with Crippen LogP contribution in [0.5, 0.6) is 5.75 Å². The van der Waals surface area contributed by atoms with E-state index < -0.39 is 5.60 Å². The van der Waals surface area contributed by atoms with E-state index in [9.17, 15) is 5.11 Å². The third kappa shape index (κ3) is 3.34. The summed E-state index contributed by atoms with van der Waals surface area (Å²) in [6.45, 7) is 2.50. The second kappa shape index (κ2) is 6.89. The van der Waals surface area contributed by atoms with Crippen molar-refractivity contribution in [1.29, 1.82) is 0 Å². The van der Waals surface area contributed by atoms with Crippen LogP contribution in [0.15, 0.2) is 60.8 Å². The van der Waals surface area contributed by atoms with Gasteiger partial charge in [0.15, 0.2) is 0 Å². The number of rotatable bonds is 6. The van der Waals surface area contributed by atoms with Crippen LogP contribution in [0.3, 0.4) is 0 Å². The highest BCUT2D eigenvalue weighted by Gasteiger charge is 2.22. The monoisotopic (exact) mass is 322 g/mol. The van der Waals surface area contributed by atoms with E-state index in [4.69, 9.17) is 4.74 Å². The molecule has 0 aliphatic rings. The fourth-order valence-electron chi connectivity index (χ4n) is 2.85. The summed E-state index contributed by atoms with van der Waals surface area (Å²) in [6, 6.07) is 17.6. The Labute approximate surface area is 142 Å². The molecule has 0 amide bonds. The van der Waals surface area contributed by atoms with Crippen LogP contribution < -0.4 is 10.1 Å². The minimum atomic E-state index is -0.866. The van der Waals surface area contributed by atoms with Gasteiger partial charge in [0.05, 0.1) is 12.7 Å². The molecule has 0 fully saturated rings. The van der Waals surface area contributed by atoms with Crippen molar-refractivity contribution in [2.24, 2.45) is 0 Å². The highest BCUT2D eigenvalue weighted by atomic mass is 16.5. The van der Waals surface area contributed by atoms with E-state index in [-0.39, 0.29) is 0 Å². The Bertz CT molecular complexity index is 816. The Kier molecular flexibility index (Phi) is 4.67. The molecule has 0 spiro atoms. The number of fused-ring (bicyclic) bond motifs is 1. The maximum absolute atomic E-state index is 10.7. The first kappa shape index (κ1) is 16.3. The smallest absolute Gasteiger partial charge is 0.145 e. The highest BCUT2D eigenvalue weighted by Crippen LogP contribution is 2.29. The lowest BCUT2D eigenvalue weighted by Crippen LogP contribution is -2.24. The number of benzene rings is 2. The highest BCUT2D eigenvalue weighted by molar-refractivity contribution is 5.94. The molecular weight excluding hydrogens is 300 g/mol. The molecule has 0 radical (unpaired) electrons. The summed E-state index contributed by atoms with van der Waals surface area (Å²) in [5, 5.41) is 15.1. The largest absolute Gasteiger partial charge is 0.494 e. The van der Waals surface area contributed by atoms with Gasteiger partial charge in [-0.1, -0.05) is 42.5 Å². The van der Waals surface area contributed by atoms with E-state index in [2.05, 4.69) is 10.3 Å². The summed E-state index contributed by atoms with van der Waals surface area (Å²) in [5.41, 5.74) is 1.88. The van der Waals surface area contributed by atoms with Gasteiger partial charge in [-0.3, -0.25) is 4.98 Å². The Morgan fingerprint density at radius 3 is 2.62 bits per heavy atom. The topological polar surface area (TPSA) is 54.4 Å². The molecule has 2 N–H and O–H groups in total. The number of nitrogens with zero attached hydrogens (tertiary/aromatic N) is 1. The number of anilines is 1. The van der Waals surface area contributed by atoms with E-state index in [0.29, 0.717) is 13.0 Å². The van der Waals surface area contributed by atoms with Gasteiger partial charge in [0.25, 0.3) is 0 Å². The standard InChI is InChI=1S/C20H22N2O2/c1-20(23,15-7-4-3-5-8-15)12-14-21-17-11-13-22-19-16(17)9-6-10-18(19)24-2/h3-11,13,23H,12,14H2,1-2H3,(H,21,22). The van der Waals surface area contributed by atoms with Crippen LogP contribution in [0.1, 0.15) is 18.9 Å². The Morgan fingerprint density at radius 2 is 1.88 bits per heavy atom. The van der Waals surface area contributed by atoms with E-state index in [1.54, 1.807) is 13.3 Å². The quantitative estimate of drug-likeness (QED) is 0.721. The van der Waals surface area contributed by atoms with Gasteiger partial charge in [-0.15, -0.1) is 0 Å². The van der Waals surface area contributed by atoms with Crippen molar-refractivity contribution in [2.75, 3.05) is 19.0 Å². The van der Waals surface area contributed by atoms with E-state index in [0.717, 1.165) is 27.9 Å². The molecule has 1 unspecified atom stereocenters. The molecule has 0 bridgehead atoms. The first-order chi connectivity index (χ1) is 11.6. The van der Waals surface area contributed by atoms with Gasteiger partial charge in [0.2, 0.25) is 0 Å². The number of aliphatic hydroxyl groups is 1. The zero-order valence-electron chi connectivity index (χ0n) is 14.0. The van der Waals surface area contributed by atoms with Gasteiger partial charge >= 0.3 is 0 Å². The fraction of sp³-hybridized carbons (Fsp3) is 0.250. The molecule has 0 saturated carbocycles. The molecule has 124 valence electrons. The number of hydrogen-bond donors (Lipinski definition) is 2. The molecule has 1 aromatic heterocycles. The second-order valence-electron chi connectivity index (χ2n) is 6.03. The molecule has 3 aromatic rings. The molecule has 4 nitrogen and oxygen atoms in total. The molecule has 0 aliphatic heterocycles. The summed E-state index contributed by atoms with van der Waals surface area (Å²) in [5.74, 6) is 0.757. The Hall–Kier alpha value is -2.59. The average molecular weight is 322 g/mol. The fourth-order valence-corrected chi connectivity index (χ4v) is 2.85. The van der Waals surface area contributed by atoms with Crippen molar-refractivity contribution in [3.63, 3.8) is 0 Å². The zero-order chi connectivity index (χ0) is 17.0. The van der Waals surface area contributed by atoms with E-state index in [1.807, 2.05) is 61.5 Å². The van der Waals surface area contributed by atoms with Crippen molar-refractivity contribution in [2.45, 2.75) is 18.9 Å². The number of para-hydroxylation sites is 1. The van der Waals surface area contributed by atoms with Crippen LogP contribution in [0.2, 0.25) is 0 Å². The van der Waals surface area contributed by atoms with Crippen LogP contribution in [0.25, 0.3) is 10.9 Å². The number of aromatic nitrogens is 1. The molecule has 0 aliphatic carbocycles. The first-order valence-electron chi connectivity index (χ1n) is 8.05. The SMILES string of the molecule is COc1cccc2c(NCCC(C)(O)c3ccccc3)ccnc12. The van der Waals surface area contributed by atoms with Crippen LogP contribution >= 0.6 is 0 Å². The summed E-state index contributed by atoms with van der Waals surface area (Å²) in [6.07, 6.45) is 2.37. The molecule has 0 saturated heterocycles. The lowest BCUT2D eigenvalue weighted by atomic mass is 9.92. The number of methoxy groups -OCH3 is 1. The number of ether oxygens (including phenoxy) is 1. The second-order valence-corrected chi connectivity index (χ2v) is 6.03. The van der Waals surface area contributed by atoms with Gasteiger partial charge < -0.3 is 15.2 Å². The van der Waals surface area contributed by atoms with Gasteiger partial charge in [-0.25, -0.2) is 0 Å². The lowest BCUT2D eigenvalue weighted by Gasteiger charge is -2.24. The van der Waals surface area contributed by atoms with Crippen molar-refractivity contribution in [3.05, 3.63) is 66.4 Å². The minimum absolute atomic E-state index is 0.602. The van der Waals surface area contributed by atoms with Crippen LogP contribution in [-0.4, -0.2) is 23.7 Å². The molecule has 1 heterocycles. The zero-order valence-corrected chi connectivity index (χ0v) is 14.0. The summed E-state index contributed by atoms with van der Waals surface area (Å²) in [4.78, 5) is 4.40. The van der Waals surface area contributed by atoms with E-state index in [1.165, 1.54) is 0 Å². The van der Waals surface area contributed by atoms with Gasteiger partial charge in [-0.05, 0) is 31.0 Å². The average Bonchev–Trinajstić information content (AvgIpc) is 2.62. The predicted octanol–water partition coefficient (Wildman–Crippen LogP) is 3.95. The van der Waals surface area contributed by atoms with Crippen molar-refractivity contribution < 1.29 is 9.84 Å². The predicted molar refractivity (Wildman–Crippen MR) is 97.4 cm³/mol. The molecule has 24 heavy (non-hydrogen) atoms. The maximum atomic E-state index is 10.7. The number of pyridine rings is 1. The maximum Gasteiger partial charge on any atom is 0.145 e. The number of hydrogen-bond acceptors (Lipinski definition) is 4. The first-order valence-corrected chi connectivity index (χ1v) is 8.05. The van der Waals surface area contributed by atoms with Crippen LogP contribution in [0, 0.1) is 0 Å². The van der Waals surface area contributed by atoms with Gasteiger partial charge in [-0.2, -0.15) is 0 Å². The molecule has 1 atom stereocenters. The van der Waals surface area contributed by atoms with Crippen LogP contribution in [0.4, 0.5) is 5.69 Å². The van der Waals surface area contributed by atoms with Crippen molar-refractivity contribution >= 4 is 16.6 Å². The third-order valence-corrected chi connectivity index (χ3v) is 4.28. The summed E-state index contributed by atoms with van der Waals surface area (Å²) >= 11 is 0. The Balaban J connectivity index is 1.75. The van der Waals surface area contributed by atoms with Crippen molar-refractivity contribution in [1.82, 2.24) is 4.98 Å². The number of nitrogens with one attached hydrogen (secondary N) is 1. The normalized spacial score (nSPS) is 13.5. The third-order valence-electron chi connectivity index (χ3n) is 4.28. The van der Waals surface area contributed by atoms with Crippen molar-refractivity contribution in [3.8, 4) is 5.75 Å². The minimum Gasteiger partial charge on any atom is -0.494 e. The van der Waals surface area contributed by atoms with Gasteiger partial charge in [0, 0.05) is 23.8 Å². The lowest BCUT2D eigenvalue weighted by molar-refractivity contribution is 0.0515. The van der Waals surface area contributed by atoms with E-state index >= 15 is 0 Å². The molecule has 2 aromatic carbocycles. The van der Waals surface area contributed by atoms with Gasteiger partial charge in [0.1, 0.15) is 11.3 Å². The van der Waals surface area contributed by atoms with Crippen LogP contribution in [-0.2, 0) is 5.60 Å². The molecule has 4 heteroatoms. The Morgan fingerprint density at radius 1 is 1.08 bits per heavy atom. The molecular formula is C20H22N2O2. The molecule has 3 rings (SSSR count). The summed E-state index contributed by atoms with van der Waals surface area (Å²) in [7, 11) is 1.65.